The molecule has 0 amide bonds. The van der Waals surface area contributed by atoms with Crippen molar-refractivity contribution < 1.29 is 9.90 Å². The normalized spacial score (nSPS) is 9.47. The fraction of sp³-hybridized carbons (Fsp3) is 0.167. The summed E-state index contributed by atoms with van der Waals surface area (Å²) in [7, 11) is 0. The van der Waals surface area contributed by atoms with Crippen LogP contribution in [0.25, 0.3) is 21.3 Å². The van der Waals surface area contributed by atoms with E-state index in [1.54, 1.807) is 18.2 Å². The van der Waals surface area contributed by atoms with Crippen molar-refractivity contribution in [2.45, 2.75) is 6.42 Å². The molecule has 0 spiro atoms. The molecule has 2 N–H and O–H groups in total. The molecular weight excluding hydrogens is 246 g/mol. The highest BCUT2D eigenvalue weighted by atomic mass is 16.4. The average molecular weight is 255 g/mol. The van der Waals surface area contributed by atoms with E-state index in [2.05, 4.69) is 32.1 Å². The molecule has 0 radical (unpaired) electrons. The number of hydrogen-bond donors (Lipinski definition) is 2. The summed E-state index contributed by atoms with van der Waals surface area (Å²) < 4.78 is 0. The Morgan fingerprint density at radius 2 is 2.42 bits per heavy atom. The maximum absolute atomic E-state index is 11.0. The number of hydrogen-bond acceptors (Lipinski definition) is 3. The number of carboxylic acid groups (broad SMARTS) is 1. The van der Waals surface area contributed by atoms with Crippen LogP contribution in [0.15, 0.2) is 23.3 Å². The number of carboxylic acids is 1. The highest BCUT2D eigenvalue weighted by Crippen LogP contribution is 2.17. The molecule has 94 valence electrons. The Bertz CT molecular complexity index is 731. The molecule has 1 aromatic heterocycles. The molecule has 1 heterocycles. The lowest BCUT2D eigenvalue weighted by atomic mass is 10.1. The second-order valence-electron chi connectivity index (χ2n) is 3.64. The van der Waals surface area contributed by atoms with Crippen molar-refractivity contribution in [1.82, 2.24) is 10.2 Å². The van der Waals surface area contributed by atoms with E-state index >= 15 is 0 Å². The standard InChI is InChI=1S/C12H9N5O2/c13-17-14-6-2-1-3-8-4-5-10-9(7-8)11(12(18)19)16-15-10/h4-5,7H,2,6H2,(H,15,16)(H,18,19). The number of nitrogens with zero attached hydrogens (tertiary/aromatic N) is 4. The fourth-order valence-electron chi connectivity index (χ4n) is 1.57. The van der Waals surface area contributed by atoms with Gasteiger partial charge < -0.3 is 5.11 Å². The Balaban J connectivity index is 2.27. The minimum absolute atomic E-state index is 0.0206. The summed E-state index contributed by atoms with van der Waals surface area (Å²) in [5.74, 6) is 4.65. The predicted molar refractivity (Wildman–Crippen MR) is 68.6 cm³/mol. The first kappa shape index (κ1) is 12.5. The molecule has 0 fully saturated rings. The van der Waals surface area contributed by atoms with Crippen molar-refractivity contribution in [3.05, 3.63) is 39.9 Å². The zero-order valence-electron chi connectivity index (χ0n) is 9.79. The number of aromatic nitrogens is 2. The maximum atomic E-state index is 11.0. The summed E-state index contributed by atoms with van der Waals surface area (Å²) in [5.41, 5.74) is 9.43. The van der Waals surface area contributed by atoms with Gasteiger partial charge in [-0.2, -0.15) is 5.10 Å². The van der Waals surface area contributed by atoms with Gasteiger partial charge in [0, 0.05) is 28.8 Å². The van der Waals surface area contributed by atoms with Gasteiger partial charge in [0.25, 0.3) is 0 Å². The number of H-pyrrole nitrogens is 1. The van der Waals surface area contributed by atoms with Crippen LogP contribution in [0.4, 0.5) is 0 Å². The highest BCUT2D eigenvalue weighted by Gasteiger charge is 2.12. The molecular formula is C12H9N5O2. The van der Waals surface area contributed by atoms with E-state index in [-0.39, 0.29) is 5.69 Å². The van der Waals surface area contributed by atoms with Crippen LogP contribution in [0.3, 0.4) is 0 Å². The van der Waals surface area contributed by atoms with Crippen molar-refractivity contribution in [3.8, 4) is 11.8 Å². The predicted octanol–water partition coefficient (Wildman–Crippen LogP) is 2.31. The number of benzene rings is 1. The van der Waals surface area contributed by atoms with Gasteiger partial charge in [0.15, 0.2) is 5.69 Å². The second kappa shape index (κ2) is 5.58. The SMILES string of the molecule is [N-]=[N+]=NCCC#Cc1ccc2[nH]nc(C(=O)O)c2c1. The average Bonchev–Trinajstić information content (AvgIpc) is 2.81. The Kier molecular flexibility index (Phi) is 3.67. The first-order valence-corrected chi connectivity index (χ1v) is 5.43. The summed E-state index contributed by atoms with van der Waals surface area (Å²) in [6.45, 7) is 0.317. The van der Waals surface area contributed by atoms with Crippen molar-refractivity contribution in [2.24, 2.45) is 5.11 Å². The molecule has 2 aromatic rings. The van der Waals surface area contributed by atoms with Gasteiger partial charge >= 0.3 is 5.97 Å². The third kappa shape index (κ3) is 2.83. The van der Waals surface area contributed by atoms with Gasteiger partial charge in [-0.25, -0.2) is 4.79 Å². The number of nitrogens with one attached hydrogen (secondary N) is 1. The lowest BCUT2D eigenvalue weighted by Gasteiger charge is -1.92. The van der Waals surface area contributed by atoms with E-state index in [0.29, 0.717) is 29.4 Å². The largest absolute Gasteiger partial charge is 0.476 e. The first-order valence-electron chi connectivity index (χ1n) is 5.43. The molecule has 0 aliphatic heterocycles. The van der Waals surface area contributed by atoms with Crippen molar-refractivity contribution in [2.75, 3.05) is 6.54 Å². The van der Waals surface area contributed by atoms with E-state index in [4.69, 9.17) is 10.6 Å². The zero-order valence-corrected chi connectivity index (χ0v) is 9.79. The highest BCUT2D eigenvalue weighted by molar-refractivity contribution is 6.01. The summed E-state index contributed by atoms with van der Waals surface area (Å²) in [6, 6.07) is 5.17. The number of azide groups is 1. The van der Waals surface area contributed by atoms with Crippen LogP contribution >= 0.6 is 0 Å². The Morgan fingerprint density at radius 3 is 3.16 bits per heavy atom. The van der Waals surface area contributed by atoms with Gasteiger partial charge in [0.05, 0.1) is 5.52 Å². The van der Waals surface area contributed by atoms with Crippen LogP contribution in [-0.2, 0) is 0 Å². The van der Waals surface area contributed by atoms with Gasteiger partial charge in [-0.15, -0.1) is 0 Å². The monoisotopic (exact) mass is 255 g/mol. The zero-order chi connectivity index (χ0) is 13.7. The molecule has 0 saturated heterocycles. The fourth-order valence-corrected chi connectivity index (χ4v) is 1.57. The van der Waals surface area contributed by atoms with Crippen LogP contribution < -0.4 is 0 Å². The summed E-state index contributed by atoms with van der Waals surface area (Å²) in [5, 5.41) is 19.2. The molecule has 19 heavy (non-hydrogen) atoms. The van der Waals surface area contributed by atoms with Crippen molar-refractivity contribution >= 4 is 16.9 Å². The number of aromatic carboxylic acids is 1. The van der Waals surface area contributed by atoms with Crippen LogP contribution in [-0.4, -0.2) is 27.8 Å². The van der Waals surface area contributed by atoms with E-state index in [1.807, 2.05) is 0 Å². The Labute approximate surface area is 107 Å². The minimum Gasteiger partial charge on any atom is -0.476 e. The van der Waals surface area contributed by atoms with Crippen molar-refractivity contribution in [3.63, 3.8) is 0 Å². The van der Waals surface area contributed by atoms with Gasteiger partial charge in [-0.1, -0.05) is 17.0 Å². The lowest BCUT2D eigenvalue weighted by Crippen LogP contribution is -1.96. The van der Waals surface area contributed by atoms with Crippen LogP contribution in [0.2, 0.25) is 0 Å². The molecule has 7 heteroatoms. The van der Waals surface area contributed by atoms with E-state index in [9.17, 15) is 4.79 Å². The summed E-state index contributed by atoms with van der Waals surface area (Å²) >= 11 is 0. The smallest absolute Gasteiger partial charge is 0.357 e. The Hall–Kier alpha value is -2.97. The second-order valence-corrected chi connectivity index (χ2v) is 3.64. The van der Waals surface area contributed by atoms with Crippen LogP contribution in [0.5, 0.6) is 0 Å². The van der Waals surface area contributed by atoms with E-state index in [1.165, 1.54) is 0 Å². The summed E-state index contributed by atoms with van der Waals surface area (Å²) in [6.07, 6.45) is 0.458. The first-order chi connectivity index (χ1) is 9.22. The Morgan fingerprint density at radius 1 is 1.58 bits per heavy atom. The van der Waals surface area contributed by atoms with Gasteiger partial charge in [-0.05, 0) is 23.7 Å². The number of rotatable bonds is 3. The van der Waals surface area contributed by atoms with Gasteiger partial charge in [-0.3, -0.25) is 5.10 Å². The quantitative estimate of drug-likeness (QED) is 0.288. The van der Waals surface area contributed by atoms with Crippen molar-refractivity contribution in [1.29, 1.82) is 0 Å². The molecule has 7 nitrogen and oxygen atoms in total. The summed E-state index contributed by atoms with van der Waals surface area (Å²) in [4.78, 5) is 13.6. The lowest BCUT2D eigenvalue weighted by molar-refractivity contribution is 0.0692. The van der Waals surface area contributed by atoms with Crippen LogP contribution in [0, 0.1) is 11.8 Å². The molecule has 0 atom stereocenters. The molecule has 1 aromatic carbocycles. The number of carbonyl (C=O) groups is 1. The molecule has 0 bridgehead atoms. The number of fused-ring (bicyclic) bond motifs is 1. The third-order valence-corrected chi connectivity index (χ3v) is 2.40. The molecule has 0 aliphatic carbocycles. The van der Waals surface area contributed by atoms with Gasteiger partial charge in [0.1, 0.15) is 0 Å². The topological polar surface area (TPSA) is 115 Å². The number of aromatic amines is 1. The molecule has 0 aliphatic rings. The van der Waals surface area contributed by atoms with Crippen LogP contribution in [0.1, 0.15) is 22.5 Å². The van der Waals surface area contributed by atoms with E-state index in [0.717, 1.165) is 0 Å². The maximum Gasteiger partial charge on any atom is 0.357 e. The molecule has 0 unspecified atom stereocenters. The van der Waals surface area contributed by atoms with E-state index < -0.39 is 5.97 Å². The minimum atomic E-state index is -1.08. The third-order valence-electron chi connectivity index (χ3n) is 2.40. The molecule has 0 saturated carbocycles. The molecule has 2 rings (SSSR count). The van der Waals surface area contributed by atoms with Gasteiger partial charge in [0.2, 0.25) is 0 Å².